The molecule has 1 aromatic carbocycles. The van der Waals surface area contributed by atoms with Crippen molar-refractivity contribution < 1.29 is 8.78 Å². The van der Waals surface area contributed by atoms with E-state index in [0.717, 1.165) is 18.2 Å². The van der Waals surface area contributed by atoms with Crippen LogP contribution in [0.2, 0.25) is 0 Å². The first-order valence-electron chi connectivity index (χ1n) is 4.48. The Morgan fingerprint density at radius 2 is 1.93 bits per heavy atom. The third-order valence-electron chi connectivity index (χ3n) is 2.38. The quantitative estimate of drug-likeness (QED) is 0.750. The highest BCUT2D eigenvalue weighted by atomic mass is 19.1. The molecule has 0 heterocycles. The van der Waals surface area contributed by atoms with E-state index >= 15 is 0 Å². The van der Waals surface area contributed by atoms with Crippen LogP contribution in [0.25, 0.3) is 0 Å². The van der Waals surface area contributed by atoms with E-state index < -0.39 is 17.2 Å². The van der Waals surface area contributed by atoms with Gasteiger partial charge in [-0.25, -0.2) is 8.78 Å². The maximum atomic E-state index is 13.4. The Morgan fingerprint density at radius 1 is 1.33 bits per heavy atom. The van der Waals surface area contributed by atoms with Crippen molar-refractivity contribution in [2.45, 2.75) is 19.4 Å². The Kier molecular flexibility index (Phi) is 2.94. The molecular formula is C11H12F2N2. The molecule has 0 saturated carbocycles. The molecule has 0 atom stereocenters. The maximum absolute atomic E-state index is 13.4. The molecule has 1 rings (SSSR count). The second-order valence-electron chi connectivity index (χ2n) is 3.83. The van der Waals surface area contributed by atoms with Gasteiger partial charge in [-0.15, -0.1) is 0 Å². The zero-order valence-corrected chi connectivity index (χ0v) is 8.88. The molecule has 0 amide bonds. The van der Waals surface area contributed by atoms with Gasteiger partial charge in [0.05, 0.1) is 11.8 Å². The summed E-state index contributed by atoms with van der Waals surface area (Å²) >= 11 is 0. The molecule has 0 radical (unpaired) electrons. The fourth-order valence-corrected chi connectivity index (χ4v) is 1.12. The van der Waals surface area contributed by atoms with Gasteiger partial charge in [-0.3, -0.25) is 0 Å². The van der Waals surface area contributed by atoms with Crippen molar-refractivity contribution >= 4 is 5.69 Å². The first-order chi connectivity index (χ1) is 6.88. The van der Waals surface area contributed by atoms with Crippen molar-refractivity contribution in [1.29, 1.82) is 5.26 Å². The van der Waals surface area contributed by atoms with E-state index in [4.69, 9.17) is 5.26 Å². The monoisotopic (exact) mass is 210 g/mol. The highest BCUT2D eigenvalue weighted by Crippen LogP contribution is 2.25. The van der Waals surface area contributed by atoms with Crippen molar-refractivity contribution in [1.82, 2.24) is 0 Å². The lowest BCUT2D eigenvalue weighted by Gasteiger charge is -2.31. The second kappa shape index (κ2) is 3.85. The second-order valence-corrected chi connectivity index (χ2v) is 3.83. The van der Waals surface area contributed by atoms with Crippen LogP contribution in [0.4, 0.5) is 14.5 Å². The Bertz CT molecular complexity index is 408. The first kappa shape index (κ1) is 11.4. The highest BCUT2D eigenvalue weighted by molar-refractivity contribution is 5.51. The van der Waals surface area contributed by atoms with Crippen LogP contribution in [0.3, 0.4) is 0 Å². The molecule has 2 nitrogen and oxygen atoms in total. The summed E-state index contributed by atoms with van der Waals surface area (Å²) in [5.74, 6) is -1.06. The molecule has 0 aliphatic carbocycles. The Labute approximate surface area is 87.7 Å². The number of hydrogen-bond donors (Lipinski definition) is 0. The third kappa shape index (κ3) is 2.24. The summed E-state index contributed by atoms with van der Waals surface area (Å²) in [6, 6.07) is 5.20. The molecule has 15 heavy (non-hydrogen) atoms. The summed E-state index contributed by atoms with van der Waals surface area (Å²) in [6.45, 7) is 3.27. The average Bonchev–Trinajstić information content (AvgIpc) is 2.20. The van der Waals surface area contributed by atoms with Crippen molar-refractivity contribution in [3.63, 3.8) is 0 Å². The minimum absolute atomic E-state index is 0.0848. The van der Waals surface area contributed by atoms with Crippen molar-refractivity contribution in [2.75, 3.05) is 11.9 Å². The zero-order valence-electron chi connectivity index (χ0n) is 8.88. The van der Waals surface area contributed by atoms with Crippen molar-refractivity contribution in [3.8, 4) is 6.07 Å². The van der Waals surface area contributed by atoms with Crippen molar-refractivity contribution in [3.05, 3.63) is 29.8 Å². The number of benzene rings is 1. The summed E-state index contributed by atoms with van der Waals surface area (Å²) in [5.41, 5.74) is -0.796. The van der Waals surface area contributed by atoms with Crippen LogP contribution >= 0.6 is 0 Å². The predicted molar refractivity (Wildman–Crippen MR) is 54.5 cm³/mol. The summed E-state index contributed by atoms with van der Waals surface area (Å²) in [4.78, 5) is 1.41. The average molecular weight is 210 g/mol. The third-order valence-corrected chi connectivity index (χ3v) is 2.38. The van der Waals surface area contributed by atoms with E-state index in [1.165, 1.54) is 4.90 Å². The topological polar surface area (TPSA) is 27.0 Å². The molecule has 0 aliphatic heterocycles. The number of anilines is 1. The lowest BCUT2D eigenvalue weighted by molar-refractivity contribution is 0.565. The summed E-state index contributed by atoms with van der Waals surface area (Å²) in [5, 5.41) is 8.88. The molecular weight excluding hydrogens is 198 g/mol. The SMILES string of the molecule is CN(c1cc(F)ccc1F)C(C)(C)C#N. The fraction of sp³-hybridized carbons (Fsp3) is 0.364. The standard InChI is InChI=1S/C11H12F2N2/c1-11(2,7-14)15(3)10-6-8(12)4-5-9(10)13/h4-6H,1-3H3. The molecule has 80 valence electrons. The Morgan fingerprint density at radius 3 is 2.47 bits per heavy atom. The molecule has 0 bridgehead atoms. The van der Waals surface area contributed by atoms with Gasteiger partial charge in [-0.2, -0.15) is 5.26 Å². The summed E-state index contributed by atoms with van der Waals surface area (Å²) in [7, 11) is 1.56. The molecule has 1 aromatic rings. The van der Waals surface area contributed by atoms with Gasteiger partial charge in [0.1, 0.15) is 17.2 Å². The van der Waals surface area contributed by atoms with E-state index in [-0.39, 0.29) is 5.69 Å². The van der Waals surface area contributed by atoms with Gasteiger partial charge in [0.2, 0.25) is 0 Å². The Balaban J connectivity index is 3.17. The van der Waals surface area contributed by atoms with Gasteiger partial charge >= 0.3 is 0 Å². The van der Waals surface area contributed by atoms with E-state index in [9.17, 15) is 8.78 Å². The largest absolute Gasteiger partial charge is 0.354 e. The molecule has 0 fully saturated rings. The van der Waals surface area contributed by atoms with Crippen LogP contribution in [0.5, 0.6) is 0 Å². The van der Waals surface area contributed by atoms with Gasteiger partial charge in [0.15, 0.2) is 0 Å². The van der Waals surface area contributed by atoms with Crippen molar-refractivity contribution in [2.24, 2.45) is 0 Å². The molecule has 0 aromatic heterocycles. The van der Waals surface area contributed by atoms with Crippen LogP contribution in [0, 0.1) is 23.0 Å². The van der Waals surface area contributed by atoms with Gasteiger partial charge in [0, 0.05) is 13.1 Å². The maximum Gasteiger partial charge on any atom is 0.146 e. The van der Waals surface area contributed by atoms with Crippen LogP contribution in [0.1, 0.15) is 13.8 Å². The number of rotatable bonds is 2. The first-order valence-corrected chi connectivity index (χ1v) is 4.48. The van der Waals surface area contributed by atoms with Crippen LogP contribution in [-0.4, -0.2) is 12.6 Å². The van der Waals surface area contributed by atoms with Crippen LogP contribution < -0.4 is 4.90 Å². The fourth-order valence-electron chi connectivity index (χ4n) is 1.12. The van der Waals surface area contributed by atoms with Gasteiger partial charge in [-0.1, -0.05) is 0 Å². The number of nitriles is 1. The molecule has 4 heteroatoms. The normalized spacial score (nSPS) is 10.9. The number of nitrogens with zero attached hydrogens (tertiary/aromatic N) is 2. The van der Waals surface area contributed by atoms with Gasteiger partial charge < -0.3 is 4.90 Å². The number of hydrogen-bond acceptors (Lipinski definition) is 2. The summed E-state index contributed by atoms with van der Waals surface area (Å²) < 4.78 is 26.3. The minimum Gasteiger partial charge on any atom is -0.354 e. The van der Waals surface area contributed by atoms with E-state index in [2.05, 4.69) is 0 Å². The molecule has 0 N–H and O–H groups in total. The molecule has 0 saturated heterocycles. The summed E-state index contributed by atoms with van der Waals surface area (Å²) in [6.07, 6.45) is 0. The van der Waals surface area contributed by atoms with E-state index in [1.807, 2.05) is 6.07 Å². The zero-order chi connectivity index (χ0) is 11.6. The minimum atomic E-state index is -0.880. The highest BCUT2D eigenvalue weighted by Gasteiger charge is 2.25. The molecule has 0 aliphatic rings. The van der Waals surface area contributed by atoms with E-state index in [0.29, 0.717) is 0 Å². The lowest BCUT2D eigenvalue weighted by atomic mass is 10.0. The van der Waals surface area contributed by atoms with Crippen LogP contribution in [0.15, 0.2) is 18.2 Å². The predicted octanol–water partition coefficient (Wildman–Crippen LogP) is 2.70. The molecule has 0 unspecified atom stereocenters. The van der Waals surface area contributed by atoms with Gasteiger partial charge in [0.25, 0.3) is 0 Å². The van der Waals surface area contributed by atoms with Gasteiger partial charge in [-0.05, 0) is 26.0 Å². The van der Waals surface area contributed by atoms with Crippen LogP contribution in [-0.2, 0) is 0 Å². The number of halogens is 2. The Hall–Kier alpha value is -1.63. The smallest absolute Gasteiger partial charge is 0.146 e. The van der Waals surface area contributed by atoms with E-state index in [1.54, 1.807) is 20.9 Å². The molecule has 0 spiro atoms. The lowest BCUT2D eigenvalue weighted by Crippen LogP contribution is -2.40.